The van der Waals surface area contributed by atoms with Crippen LogP contribution in [0.2, 0.25) is 0 Å². The highest BCUT2D eigenvalue weighted by Gasteiger charge is 2.22. The molecule has 29 heavy (non-hydrogen) atoms. The molecule has 7 heteroatoms. The van der Waals surface area contributed by atoms with E-state index in [1.165, 1.54) is 0 Å². The summed E-state index contributed by atoms with van der Waals surface area (Å²) in [5, 5.41) is 5.71. The van der Waals surface area contributed by atoms with E-state index < -0.39 is 11.9 Å². The average molecular weight is 399 g/mol. The van der Waals surface area contributed by atoms with Crippen LogP contribution in [-0.2, 0) is 11.2 Å². The van der Waals surface area contributed by atoms with Crippen LogP contribution < -0.4 is 15.4 Å². The molecule has 1 heterocycles. The fourth-order valence-electron chi connectivity index (χ4n) is 2.67. The first-order chi connectivity index (χ1) is 13.8. The number of hydrogen-bond acceptors (Lipinski definition) is 5. The summed E-state index contributed by atoms with van der Waals surface area (Å²) in [5.41, 5.74) is 1.17. The Labute approximate surface area is 172 Å². The lowest BCUT2D eigenvalue weighted by molar-refractivity contribution is -0.123. The molecule has 0 radical (unpaired) electrons. The Hall–Kier alpha value is -2.93. The van der Waals surface area contributed by atoms with Crippen LogP contribution in [0, 0.1) is 0 Å². The second-order valence-electron chi connectivity index (χ2n) is 7.34. The van der Waals surface area contributed by atoms with Crippen molar-refractivity contribution in [2.24, 2.45) is 0 Å². The van der Waals surface area contributed by atoms with Crippen molar-refractivity contribution in [1.29, 1.82) is 0 Å². The van der Waals surface area contributed by atoms with Gasteiger partial charge >= 0.3 is 0 Å². The topological polar surface area (TPSA) is 83.6 Å². The second kappa shape index (κ2) is 11.2. The molecule has 156 valence electrons. The lowest BCUT2D eigenvalue weighted by atomic mass is 10.0. The molecule has 0 aliphatic carbocycles. The number of rotatable bonds is 10. The number of pyridine rings is 1. The van der Waals surface area contributed by atoms with Crippen molar-refractivity contribution in [3.05, 3.63) is 59.8 Å². The zero-order valence-corrected chi connectivity index (χ0v) is 17.5. The van der Waals surface area contributed by atoms with Gasteiger partial charge in [0.2, 0.25) is 11.8 Å². The molecular weight excluding hydrogens is 368 g/mol. The number of hydrogen-bond donors (Lipinski definition) is 2. The zero-order chi connectivity index (χ0) is 21.2. The van der Waals surface area contributed by atoms with Crippen LogP contribution in [0.15, 0.2) is 48.5 Å². The highest BCUT2D eigenvalue weighted by atomic mass is 16.5. The molecule has 1 atom stereocenters. The highest BCUT2D eigenvalue weighted by Crippen LogP contribution is 2.10. The van der Waals surface area contributed by atoms with Crippen LogP contribution in [0.5, 0.6) is 5.88 Å². The Morgan fingerprint density at radius 1 is 1.07 bits per heavy atom. The summed E-state index contributed by atoms with van der Waals surface area (Å²) in [6.45, 7) is 5.00. The summed E-state index contributed by atoms with van der Waals surface area (Å²) in [6, 6.07) is 13.9. The van der Waals surface area contributed by atoms with Crippen molar-refractivity contribution < 1.29 is 14.3 Å². The molecular formula is C22H30N4O3. The maximum atomic E-state index is 12.8. The Balaban J connectivity index is 2.11. The van der Waals surface area contributed by atoms with E-state index in [0.29, 0.717) is 25.4 Å². The van der Waals surface area contributed by atoms with Crippen molar-refractivity contribution in [3.8, 4) is 5.88 Å². The standard InChI is InChI=1S/C22H30N4O3/c1-16(2)29-20-12-8-11-18(24-20)22(28)25-19(15-17-9-6-5-7-10-17)21(27)23-13-14-26(3)4/h5-12,16,19H,13-15H2,1-4H3,(H,23,27)(H,25,28)/t19-/m0/s1. The Kier molecular flexibility index (Phi) is 8.61. The minimum Gasteiger partial charge on any atom is -0.475 e. The van der Waals surface area contributed by atoms with E-state index in [4.69, 9.17) is 4.74 Å². The molecule has 2 rings (SSSR count). The van der Waals surface area contributed by atoms with Crippen LogP contribution in [0.1, 0.15) is 29.9 Å². The summed E-state index contributed by atoms with van der Waals surface area (Å²) < 4.78 is 5.55. The van der Waals surface area contributed by atoms with Gasteiger partial charge in [0, 0.05) is 25.6 Å². The molecule has 0 spiro atoms. The van der Waals surface area contributed by atoms with Gasteiger partial charge in [-0.05, 0) is 39.6 Å². The van der Waals surface area contributed by atoms with Gasteiger partial charge in [0.1, 0.15) is 11.7 Å². The molecule has 2 amide bonds. The molecule has 7 nitrogen and oxygen atoms in total. The fraction of sp³-hybridized carbons (Fsp3) is 0.409. The highest BCUT2D eigenvalue weighted by molar-refractivity contribution is 5.96. The normalized spacial score (nSPS) is 11.9. The number of nitrogens with one attached hydrogen (secondary N) is 2. The van der Waals surface area contributed by atoms with Gasteiger partial charge in [-0.3, -0.25) is 9.59 Å². The van der Waals surface area contributed by atoms with Gasteiger partial charge in [-0.25, -0.2) is 4.98 Å². The number of likely N-dealkylation sites (N-methyl/N-ethyl adjacent to an activating group) is 1. The van der Waals surface area contributed by atoms with Gasteiger partial charge in [-0.15, -0.1) is 0 Å². The number of ether oxygens (including phenoxy) is 1. The first-order valence-electron chi connectivity index (χ1n) is 9.76. The molecule has 1 aromatic carbocycles. The number of aromatic nitrogens is 1. The van der Waals surface area contributed by atoms with Crippen molar-refractivity contribution in [2.75, 3.05) is 27.2 Å². The number of amides is 2. The van der Waals surface area contributed by atoms with Crippen LogP contribution in [0.4, 0.5) is 0 Å². The molecule has 0 saturated heterocycles. The third-order valence-corrected chi connectivity index (χ3v) is 4.08. The second-order valence-corrected chi connectivity index (χ2v) is 7.34. The summed E-state index contributed by atoms with van der Waals surface area (Å²) >= 11 is 0. The van der Waals surface area contributed by atoms with E-state index in [-0.39, 0.29) is 17.7 Å². The van der Waals surface area contributed by atoms with Gasteiger partial charge in [0.25, 0.3) is 5.91 Å². The lowest BCUT2D eigenvalue weighted by Crippen LogP contribution is -2.49. The molecule has 0 bridgehead atoms. The van der Waals surface area contributed by atoms with Gasteiger partial charge in [0.05, 0.1) is 6.10 Å². The van der Waals surface area contributed by atoms with Crippen molar-refractivity contribution in [1.82, 2.24) is 20.5 Å². The smallest absolute Gasteiger partial charge is 0.270 e. The van der Waals surface area contributed by atoms with Gasteiger partial charge in [0.15, 0.2) is 0 Å². The van der Waals surface area contributed by atoms with E-state index in [2.05, 4.69) is 15.6 Å². The Morgan fingerprint density at radius 3 is 2.45 bits per heavy atom. The van der Waals surface area contributed by atoms with E-state index >= 15 is 0 Å². The maximum absolute atomic E-state index is 12.8. The summed E-state index contributed by atoms with van der Waals surface area (Å²) in [5.74, 6) is -0.260. The molecule has 2 N–H and O–H groups in total. The SMILES string of the molecule is CC(C)Oc1cccc(C(=O)N[C@@H](Cc2ccccc2)C(=O)NCCN(C)C)n1. The van der Waals surface area contributed by atoms with Gasteiger partial charge in [-0.1, -0.05) is 36.4 Å². The summed E-state index contributed by atoms with van der Waals surface area (Å²) in [7, 11) is 3.88. The first-order valence-corrected chi connectivity index (χ1v) is 9.76. The molecule has 1 aromatic heterocycles. The van der Waals surface area contributed by atoms with E-state index in [9.17, 15) is 9.59 Å². The van der Waals surface area contributed by atoms with Gasteiger partial charge < -0.3 is 20.3 Å². The number of carbonyl (C=O) groups excluding carboxylic acids is 2. The van der Waals surface area contributed by atoms with E-state index in [1.54, 1.807) is 18.2 Å². The lowest BCUT2D eigenvalue weighted by Gasteiger charge is -2.19. The molecule has 0 aliphatic heterocycles. The molecule has 0 fully saturated rings. The van der Waals surface area contributed by atoms with Crippen molar-refractivity contribution in [3.63, 3.8) is 0 Å². The molecule has 2 aromatic rings. The Morgan fingerprint density at radius 2 is 1.79 bits per heavy atom. The monoisotopic (exact) mass is 398 g/mol. The van der Waals surface area contributed by atoms with E-state index in [1.807, 2.05) is 63.2 Å². The van der Waals surface area contributed by atoms with Crippen LogP contribution in [0.25, 0.3) is 0 Å². The predicted octanol–water partition coefficient (Wildman–Crippen LogP) is 1.89. The number of benzene rings is 1. The van der Waals surface area contributed by atoms with Crippen molar-refractivity contribution in [2.45, 2.75) is 32.4 Å². The third-order valence-electron chi connectivity index (χ3n) is 4.08. The van der Waals surface area contributed by atoms with E-state index in [0.717, 1.165) is 5.56 Å². The van der Waals surface area contributed by atoms with Gasteiger partial charge in [-0.2, -0.15) is 0 Å². The largest absolute Gasteiger partial charge is 0.475 e. The number of nitrogens with zero attached hydrogens (tertiary/aromatic N) is 2. The van der Waals surface area contributed by atoms with Crippen molar-refractivity contribution >= 4 is 11.8 Å². The van der Waals surface area contributed by atoms with Crippen LogP contribution in [0.3, 0.4) is 0 Å². The summed E-state index contributed by atoms with van der Waals surface area (Å²) in [4.78, 5) is 31.7. The first kappa shape index (κ1) is 22.4. The minimum atomic E-state index is -0.705. The maximum Gasteiger partial charge on any atom is 0.270 e. The Bertz CT molecular complexity index is 794. The average Bonchev–Trinajstić information content (AvgIpc) is 2.67. The van der Waals surface area contributed by atoms with Crippen LogP contribution >= 0.6 is 0 Å². The third kappa shape index (κ3) is 7.91. The number of carbonyl (C=O) groups is 2. The zero-order valence-electron chi connectivity index (χ0n) is 17.5. The van der Waals surface area contributed by atoms with Crippen LogP contribution in [-0.4, -0.2) is 61.0 Å². The predicted molar refractivity (Wildman–Crippen MR) is 113 cm³/mol. The molecule has 0 saturated carbocycles. The summed E-state index contributed by atoms with van der Waals surface area (Å²) in [6.07, 6.45) is 0.344. The fourth-order valence-corrected chi connectivity index (χ4v) is 2.67. The molecule has 0 aliphatic rings. The quantitative estimate of drug-likeness (QED) is 0.639. The molecule has 0 unspecified atom stereocenters. The minimum absolute atomic E-state index is 0.0471.